The first-order chi connectivity index (χ1) is 10.1. The van der Waals surface area contributed by atoms with Gasteiger partial charge in [-0.15, -0.1) is 0 Å². The molecule has 0 saturated carbocycles. The van der Waals surface area contributed by atoms with Gasteiger partial charge in [0.25, 0.3) is 5.91 Å². The Kier molecular flexibility index (Phi) is 3.41. The highest BCUT2D eigenvalue weighted by Crippen LogP contribution is 2.27. The van der Waals surface area contributed by atoms with Crippen molar-refractivity contribution in [1.29, 1.82) is 0 Å². The second kappa shape index (κ2) is 5.24. The van der Waals surface area contributed by atoms with Gasteiger partial charge in [-0.3, -0.25) is 9.59 Å². The van der Waals surface area contributed by atoms with Crippen molar-refractivity contribution in [2.45, 2.75) is 25.8 Å². The molecule has 21 heavy (non-hydrogen) atoms. The van der Waals surface area contributed by atoms with Crippen molar-refractivity contribution in [2.75, 3.05) is 6.54 Å². The molecule has 2 aromatic rings. The number of piperidine rings is 1. The predicted octanol–water partition coefficient (Wildman–Crippen LogP) is 2.76. The monoisotopic (exact) mass is 287 g/mol. The molecule has 0 bridgehead atoms. The van der Waals surface area contributed by atoms with Crippen molar-refractivity contribution in [3.63, 3.8) is 0 Å². The van der Waals surface area contributed by atoms with Gasteiger partial charge in [-0.25, -0.2) is 0 Å². The van der Waals surface area contributed by atoms with Gasteiger partial charge in [-0.05, 0) is 25.8 Å². The number of furan rings is 1. The molecule has 2 heterocycles. The number of likely N-dealkylation sites (tertiary alicyclic amines) is 1. The molecule has 0 aliphatic carbocycles. The number of aliphatic carboxylic acids is 1. The molecule has 1 saturated heterocycles. The van der Waals surface area contributed by atoms with E-state index in [9.17, 15) is 9.59 Å². The number of benzene rings is 1. The zero-order chi connectivity index (χ0) is 15.0. The van der Waals surface area contributed by atoms with E-state index in [4.69, 9.17) is 9.52 Å². The Morgan fingerprint density at radius 1 is 1.33 bits per heavy atom. The Morgan fingerprint density at radius 3 is 2.81 bits per heavy atom. The van der Waals surface area contributed by atoms with Gasteiger partial charge in [-0.2, -0.15) is 0 Å². The van der Waals surface area contributed by atoms with E-state index in [0.29, 0.717) is 30.5 Å². The first-order valence-corrected chi connectivity index (χ1v) is 7.08. The zero-order valence-electron chi connectivity index (χ0n) is 11.8. The smallest absolute Gasteiger partial charge is 0.306 e. The Hall–Kier alpha value is -2.30. The maximum absolute atomic E-state index is 12.7. The molecule has 1 amide bonds. The van der Waals surface area contributed by atoms with Crippen LogP contribution in [0.5, 0.6) is 0 Å². The predicted molar refractivity (Wildman–Crippen MR) is 77.1 cm³/mol. The van der Waals surface area contributed by atoms with Crippen LogP contribution in [-0.4, -0.2) is 34.5 Å². The van der Waals surface area contributed by atoms with Gasteiger partial charge >= 0.3 is 5.97 Å². The van der Waals surface area contributed by atoms with E-state index in [0.717, 1.165) is 5.39 Å². The number of para-hydroxylation sites is 1. The Morgan fingerprint density at radius 2 is 2.10 bits per heavy atom. The molecule has 1 fully saturated rings. The lowest BCUT2D eigenvalue weighted by Crippen LogP contribution is -2.46. The lowest BCUT2D eigenvalue weighted by atomic mass is 9.91. The van der Waals surface area contributed by atoms with Crippen LogP contribution in [0.25, 0.3) is 11.0 Å². The van der Waals surface area contributed by atoms with Crippen LogP contribution < -0.4 is 0 Å². The van der Waals surface area contributed by atoms with E-state index >= 15 is 0 Å². The van der Waals surface area contributed by atoms with Crippen molar-refractivity contribution < 1.29 is 19.1 Å². The van der Waals surface area contributed by atoms with E-state index in [-0.39, 0.29) is 17.9 Å². The molecule has 2 atom stereocenters. The second-order valence-corrected chi connectivity index (χ2v) is 5.55. The van der Waals surface area contributed by atoms with Crippen molar-refractivity contribution in [3.8, 4) is 0 Å². The van der Waals surface area contributed by atoms with Gasteiger partial charge in [0.05, 0.1) is 11.5 Å². The van der Waals surface area contributed by atoms with Crippen LogP contribution in [-0.2, 0) is 4.79 Å². The lowest BCUT2D eigenvalue weighted by molar-refractivity contribution is -0.143. The van der Waals surface area contributed by atoms with Crippen molar-refractivity contribution in [3.05, 3.63) is 36.1 Å². The fourth-order valence-electron chi connectivity index (χ4n) is 3.00. The number of nitrogens with zero attached hydrogens (tertiary/aromatic N) is 1. The number of amides is 1. The van der Waals surface area contributed by atoms with Crippen LogP contribution in [0.4, 0.5) is 0 Å². The van der Waals surface area contributed by atoms with Crippen molar-refractivity contribution in [1.82, 2.24) is 4.90 Å². The summed E-state index contributed by atoms with van der Waals surface area (Å²) in [5.41, 5.74) is 1.24. The topological polar surface area (TPSA) is 70.8 Å². The average Bonchev–Trinajstić information content (AvgIpc) is 2.90. The minimum Gasteiger partial charge on any atom is -0.481 e. The molecule has 0 radical (unpaired) electrons. The fraction of sp³-hybridized carbons (Fsp3) is 0.375. The average molecular weight is 287 g/mol. The maximum Gasteiger partial charge on any atom is 0.306 e. The summed E-state index contributed by atoms with van der Waals surface area (Å²) in [7, 11) is 0. The summed E-state index contributed by atoms with van der Waals surface area (Å²) in [5, 5.41) is 9.89. The van der Waals surface area contributed by atoms with Crippen molar-refractivity contribution in [2.24, 2.45) is 5.92 Å². The summed E-state index contributed by atoms with van der Waals surface area (Å²) < 4.78 is 5.41. The summed E-state index contributed by atoms with van der Waals surface area (Å²) in [6.45, 7) is 2.37. The standard InChI is InChI=1S/C16H17NO4/c1-10-8-11(16(19)20)6-7-17(10)15(18)13-9-21-14-5-3-2-4-12(13)14/h2-5,9-11H,6-8H2,1H3,(H,19,20). The Labute approximate surface area is 122 Å². The number of carboxylic acids is 1. The van der Waals surface area contributed by atoms with E-state index in [2.05, 4.69) is 0 Å². The highest BCUT2D eigenvalue weighted by Gasteiger charge is 2.33. The number of carboxylic acid groups (broad SMARTS) is 1. The summed E-state index contributed by atoms with van der Waals surface area (Å²) in [5.74, 6) is -1.22. The molecule has 110 valence electrons. The highest BCUT2D eigenvalue weighted by atomic mass is 16.4. The third-order valence-electron chi connectivity index (χ3n) is 4.20. The molecule has 1 aromatic heterocycles. The minimum atomic E-state index is -0.775. The van der Waals surface area contributed by atoms with Crippen LogP contribution in [0, 0.1) is 5.92 Å². The number of hydrogen-bond donors (Lipinski definition) is 1. The van der Waals surface area contributed by atoms with Gasteiger partial charge in [0.2, 0.25) is 0 Å². The van der Waals surface area contributed by atoms with E-state index < -0.39 is 5.97 Å². The van der Waals surface area contributed by atoms with Crippen LogP contribution >= 0.6 is 0 Å². The summed E-state index contributed by atoms with van der Waals surface area (Å²) >= 11 is 0. The maximum atomic E-state index is 12.7. The van der Waals surface area contributed by atoms with Crippen LogP contribution in [0.15, 0.2) is 34.9 Å². The molecule has 5 nitrogen and oxygen atoms in total. The minimum absolute atomic E-state index is 0.0824. The lowest BCUT2D eigenvalue weighted by Gasteiger charge is -2.36. The summed E-state index contributed by atoms with van der Waals surface area (Å²) in [6.07, 6.45) is 2.49. The quantitative estimate of drug-likeness (QED) is 0.922. The van der Waals surface area contributed by atoms with E-state index in [1.54, 1.807) is 4.90 Å². The first-order valence-electron chi connectivity index (χ1n) is 7.08. The number of carbonyl (C=O) groups excluding carboxylic acids is 1. The third-order valence-corrected chi connectivity index (χ3v) is 4.20. The number of carbonyl (C=O) groups is 2. The molecule has 1 aliphatic rings. The number of rotatable bonds is 2. The molecular formula is C16H17NO4. The van der Waals surface area contributed by atoms with E-state index in [1.807, 2.05) is 31.2 Å². The van der Waals surface area contributed by atoms with Gasteiger partial charge in [0.15, 0.2) is 0 Å². The summed E-state index contributed by atoms with van der Waals surface area (Å²) in [4.78, 5) is 25.5. The Bertz CT molecular complexity index is 690. The van der Waals surface area contributed by atoms with Crippen LogP contribution in [0.3, 0.4) is 0 Å². The fourth-order valence-corrected chi connectivity index (χ4v) is 3.00. The highest BCUT2D eigenvalue weighted by molar-refractivity contribution is 6.06. The molecule has 2 unspecified atom stereocenters. The van der Waals surface area contributed by atoms with Gasteiger partial charge < -0.3 is 14.4 Å². The molecule has 3 rings (SSSR count). The molecule has 1 N–H and O–H groups in total. The first kappa shape index (κ1) is 13.7. The molecular weight excluding hydrogens is 270 g/mol. The summed E-state index contributed by atoms with van der Waals surface area (Å²) in [6, 6.07) is 7.34. The largest absolute Gasteiger partial charge is 0.481 e. The van der Waals surface area contributed by atoms with Crippen LogP contribution in [0.2, 0.25) is 0 Å². The number of hydrogen-bond acceptors (Lipinski definition) is 3. The van der Waals surface area contributed by atoms with Gasteiger partial charge in [0.1, 0.15) is 11.8 Å². The third kappa shape index (κ3) is 2.39. The normalized spacial score (nSPS) is 22.4. The molecule has 5 heteroatoms. The Balaban J connectivity index is 1.84. The molecule has 0 spiro atoms. The second-order valence-electron chi connectivity index (χ2n) is 5.55. The molecule has 1 aromatic carbocycles. The zero-order valence-corrected chi connectivity index (χ0v) is 11.8. The van der Waals surface area contributed by atoms with E-state index in [1.165, 1.54) is 6.26 Å². The SMILES string of the molecule is CC1CC(C(=O)O)CCN1C(=O)c1coc2ccccc12. The number of fused-ring (bicyclic) bond motifs is 1. The van der Waals surface area contributed by atoms with Gasteiger partial charge in [0, 0.05) is 18.0 Å². The van der Waals surface area contributed by atoms with Gasteiger partial charge in [-0.1, -0.05) is 18.2 Å². The molecule has 1 aliphatic heterocycles. The van der Waals surface area contributed by atoms with Crippen LogP contribution in [0.1, 0.15) is 30.1 Å². The van der Waals surface area contributed by atoms with Crippen molar-refractivity contribution >= 4 is 22.8 Å².